The van der Waals surface area contributed by atoms with E-state index in [0.29, 0.717) is 0 Å². The van der Waals surface area contributed by atoms with E-state index >= 15 is 0 Å². The van der Waals surface area contributed by atoms with Gasteiger partial charge >= 0.3 is 0 Å². The maximum absolute atomic E-state index is 4.58. The summed E-state index contributed by atoms with van der Waals surface area (Å²) in [5.41, 5.74) is 1.34. The minimum Gasteiger partial charge on any atom is -0.360 e. The minimum atomic E-state index is 0.799. The first-order chi connectivity index (χ1) is 10.8. The summed E-state index contributed by atoms with van der Waals surface area (Å²) >= 11 is 0. The standard InChI is InChI=1S/C18H30N4/c1-3-21(2)18-7-6-15(13-20-18)14-22-11-8-16(9-12-22)17-5-4-10-19-17/h6-7,13,16-17,19H,3-5,8-12,14H2,1-2H3. The number of hydrogen-bond acceptors (Lipinski definition) is 4. The Morgan fingerprint density at radius 1 is 1.27 bits per heavy atom. The van der Waals surface area contributed by atoms with Crippen LogP contribution in [0.25, 0.3) is 0 Å². The Kier molecular flexibility index (Phi) is 5.32. The van der Waals surface area contributed by atoms with Crippen molar-refractivity contribution in [2.45, 2.75) is 45.2 Å². The maximum Gasteiger partial charge on any atom is 0.128 e. The fraction of sp³-hybridized carbons (Fsp3) is 0.722. The van der Waals surface area contributed by atoms with E-state index in [1.807, 2.05) is 6.20 Å². The number of nitrogens with zero attached hydrogens (tertiary/aromatic N) is 3. The molecule has 22 heavy (non-hydrogen) atoms. The Hall–Kier alpha value is -1.13. The smallest absolute Gasteiger partial charge is 0.128 e. The first kappa shape index (κ1) is 15.8. The molecule has 0 aliphatic carbocycles. The van der Waals surface area contributed by atoms with Gasteiger partial charge in [-0.3, -0.25) is 4.90 Å². The van der Waals surface area contributed by atoms with Crippen LogP contribution in [0, 0.1) is 5.92 Å². The molecule has 0 radical (unpaired) electrons. The van der Waals surface area contributed by atoms with E-state index in [4.69, 9.17) is 0 Å². The summed E-state index contributed by atoms with van der Waals surface area (Å²) in [6.07, 6.45) is 7.51. The molecular formula is C18H30N4. The van der Waals surface area contributed by atoms with Gasteiger partial charge < -0.3 is 10.2 Å². The average Bonchev–Trinajstić information content (AvgIpc) is 3.10. The third kappa shape index (κ3) is 3.79. The van der Waals surface area contributed by atoms with Crippen LogP contribution < -0.4 is 10.2 Å². The van der Waals surface area contributed by atoms with Gasteiger partial charge in [0.05, 0.1) is 0 Å². The van der Waals surface area contributed by atoms with Crippen LogP contribution in [0.15, 0.2) is 18.3 Å². The highest BCUT2D eigenvalue weighted by Gasteiger charge is 2.28. The van der Waals surface area contributed by atoms with Gasteiger partial charge in [-0.2, -0.15) is 0 Å². The molecule has 0 saturated carbocycles. The number of rotatable bonds is 5. The molecule has 2 aliphatic rings. The quantitative estimate of drug-likeness (QED) is 0.905. The van der Waals surface area contributed by atoms with Gasteiger partial charge in [0.15, 0.2) is 0 Å². The van der Waals surface area contributed by atoms with Crippen LogP contribution in [0.3, 0.4) is 0 Å². The topological polar surface area (TPSA) is 31.4 Å². The van der Waals surface area contributed by atoms with Gasteiger partial charge in [0.2, 0.25) is 0 Å². The van der Waals surface area contributed by atoms with Crippen molar-refractivity contribution in [3.8, 4) is 0 Å². The average molecular weight is 302 g/mol. The van der Waals surface area contributed by atoms with Gasteiger partial charge in [-0.1, -0.05) is 6.07 Å². The third-order valence-corrected chi connectivity index (χ3v) is 5.38. The minimum absolute atomic E-state index is 0.799. The Labute approximate surface area is 134 Å². The molecule has 0 bridgehead atoms. The summed E-state index contributed by atoms with van der Waals surface area (Å²) in [7, 11) is 2.09. The molecule has 1 aromatic heterocycles. The number of piperidine rings is 1. The van der Waals surface area contributed by atoms with E-state index in [1.54, 1.807) is 0 Å². The summed E-state index contributed by atoms with van der Waals surface area (Å²) in [6.45, 7) is 7.90. The van der Waals surface area contributed by atoms with Crippen LogP contribution in [0.1, 0.15) is 38.2 Å². The first-order valence-corrected chi connectivity index (χ1v) is 8.88. The maximum atomic E-state index is 4.58. The lowest BCUT2D eigenvalue weighted by atomic mass is 9.88. The Balaban J connectivity index is 1.48. The van der Waals surface area contributed by atoms with Crippen molar-refractivity contribution in [2.24, 2.45) is 5.92 Å². The van der Waals surface area contributed by atoms with Gasteiger partial charge in [0.1, 0.15) is 5.82 Å². The molecular weight excluding hydrogens is 272 g/mol. The van der Waals surface area contributed by atoms with Crippen molar-refractivity contribution in [3.63, 3.8) is 0 Å². The second-order valence-corrected chi connectivity index (χ2v) is 6.86. The van der Waals surface area contributed by atoms with Gasteiger partial charge in [0, 0.05) is 32.4 Å². The van der Waals surface area contributed by atoms with E-state index in [9.17, 15) is 0 Å². The van der Waals surface area contributed by atoms with Crippen molar-refractivity contribution in [3.05, 3.63) is 23.9 Å². The van der Waals surface area contributed by atoms with E-state index in [0.717, 1.165) is 30.9 Å². The number of pyridine rings is 1. The van der Waals surface area contributed by atoms with E-state index in [1.165, 1.54) is 50.9 Å². The van der Waals surface area contributed by atoms with Crippen LogP contribution in [0.4, 0.5) is 5.82 Å². The monoisotopic (exact) mass is 302 g/mol. The van der Waals surface area contributed by atoms with E-state index < -0.39 is 0 Å². The van der Waals surface area contributed by atoms with Crippen molar-refractivity contribution >= 4 is 5.82 Å². The molecule has 2 aliphatic heterocycles. The van der Waals surface area contributed by atoms with Crippen molar-refractivity contribution in [1.82, 2.24) is 15.2 Å². The van der Waals surface area contributed by atoms with Crippen LogP contribution in [-0.4, -0.2) is 49.2 Å². The number of anilines is 1. The molecule has 2 fully saturated rings. The molecule has 3 rings (SSSR count). The molecule has 0 spiro atoms. The van der Waals surface area contributed by atoms with Crippen LogP contribution in [-0.2, 0) is 6.54 Å². The Morgan fingerprint density at radius 3 is 2.68 bits per heavy atom. The molecule has 0 amide bonds. The van der Waals surface area contributed by atoms with Crippen molar-refractivity contribution in [2.75, 3.05) is 38.1 Å². The van der Waals surface area contributed by atoms with Crippen LogP contribution in [0.2, 0.25) is 0 Å². The van der Waals surface area contributed by atoms with Crippen molar-refractivity contribution in [1.29, 1.82) is 0 Å². The summed E-state index contributed by atoms with van der Waals surface area (Å²) in [4.78, 5) is 9.34. The Bertz CT molecular complexity index is 445. The fourth-order valence-corrected chi connectivity index (χ4v) is 3.78. The highest BCUT2D eigenvalue weighted by atomic mass is 15.2. The van der Waals surface area contributed by atoms with Gasteiger partial charge in [-0.15, -0.1) is 0 Å². The molecule has 0 aromatic carbocycles. The molecule has 3 heterocycles. The number of likely N-dealkylation sites (tertiary alicyclic amines) is 1. The third-order valence-electron chi connectivity index (χ3n) is 5.38. The van der Waals surface area contributed by atoms with Gasteiger partial charge in [0.25, 0.3) is 0 Å². The molecule has 4 heteroatoms. The van der Waals surface area contributed by atoms with Crippen LogP contribution in [0.5, 0.6) is 0 Å². The lowest BCUT2D eigenvalue weighted by Crippen LogP contribution is -2.40. The zero-order valence-electron chi connectivity index (χ0n) is 14.1. The molecule has 1 atom stereocenters. The molecule has 1 aromatic rings. The SMILES string of the molecule is CCN(C)c1ccc(CN2CCC(C3CCCN3)CC2)cn1. The molecule has 4 nitrogen and oxygen atoms in total. The highest BCUT2D eigenvalue weighted by Crippen LogP contribution is 2.26. The largest absolute Gasteiger partial charge is 0.360 e. The fourth-order valence-electron chi connectivity index (χ4n) is 3.78. The number of aromatic nitrogens is 1. The predicted molar refractivity (Wildman–Crippen MR) is 92.2 cm³/mol. The van der Waals surface area contributed by atoms with Gasteiger partial charge in [-0.25, -0.2) is 4.98 Å². The van der Waals surface area contributed by atoms with Gasteiger partial charge in [-0.05, 0) is 69.8 Å². The molecule has 1 N–H and O–H groups in total. The second kappa shape index (κ2) is 7.42. The highest BCUT2D eigenvalue weighted by molar-refractivity contribution is 5.37. The summed E-state index contributed by atoms with van der Waals surface area (Å²) in [5, 5.41) is 3.68. The summed E-state index contributed by atoms with van der Waals surface area (Å²) in [5.74, 6) is 1.97. The van der Waals surface area contributed by atoms with E-state index in [-0.39, 0.29) is 0 Å². The number of hydrogen-bond donors (Lipinski definition) is 1. The summed E-state index contributed by atoms with van der Waals surface area (Å²) < 4.78 is 0. The molecule has 122 valence electrons. The Morgan fingerprint density at radius 2 is 2.09 bits per heavy atom. The predicted octanol–water partition coefficient (Wildman–Crippen LogP) is 2.50. The second-order valence-electron chi connectivity index (χ2n) is 6.86. The molecule has 2 saturated heterocycles. The van der Waals surface area contributed by atoms with E-state index in [2.05, 4.69) is 46.2 Å². The summed E-state index contributed by atoms with van der Waals surface area (Å²) in [6, 6.07) is 5.18. The first-order valence-electron chi connectivity index (χ1n) is 8.88. The van der Waals surface area contributed by atoms with Crippen molar-refractivity contribution < 1.29 is 0 Å². The zero-order chi connectivity index (χ0) is 15.4. The molecule has 1 unspecified atom stereocenters. The lowest BCUT2D eigenvalue weighted by Gasteiger charge is -2.34. The zero-order valence-corrected chi connectivity index (χ0v) is 14.1. The lowest BCUT2D eigenvalue weighted by molar-refractivity contribution is 0.157. The normalized spacial score (nSPS) is 23.8. The number of nitrogens with one attached hydrogen (secondary N) is 1. The van der Waals surface area contributed by atoms with Crippen LogP contribution >= 0.6 is 0 Å².